The molecule has 0 aliphatic carbocycles. The zero-order valence-electron chi connectivity index (χ0n) is 12.3. The van der Waals surface area contributed by atoms with Crippen LogP contribution in [0.15, 0.2) is 30.3 Å². The number of ether oxygens (including phenoxy) is 1. The molecule has 1 amide bonds. The highest BCUT2D eigenvalue weighted by Crippen LogP contribution is 2.31. The number of hydrogen-bond donors (Lipinski definition) is 1. The molecule has 0 saturated heterocycles. The molecule has 0 radical (unpaired) electrons. The van der Waals surface area contributed by atoms with Gasteiger partial charge >= 0.3 is 0 Å². The molecule has 1 aromatic carbocycles. The molecule has 0 fully saturated rings. The topological polar surface area (TPSA) is 56.1 Å². The average molecular weight is 285 g/mol. The molecule has 1 atom stereocenters. The molecular formula is C16H19N3O2. The summed E-state index contributed by atoms with van der Waals surface area (Å²) >= 11 is 0. The van der Waals surface area contributed by atoms with E-state index in [0.29, 0.717) is 12.3 Å². The lowest BCUT2D eigenvalue weighted by Crippen LogP contribution is -2.29. The summed E-state index contributed by atoms with van der Waals surface area (Å²) in [6.07, 6.45) is 1.80. The molecule has 3 rings (SSSR count). The molecule has 1 unspecified atom stereocenters. The van der Waals surface area contributed by atoms with Crippen LogP contribution in [0.3, 0.4) is 0 Å². The molecule has 1 aliphatic heterocycles. The molecule has 1 N–H and O–H groups in total. The minimum Gasteiger partial charge on any atom is -0.493 e. The Hall–Kier alpha value is -2.30. The number of benzene rings is 1. The molecule has 1 aromatic heterocycles. The molecule has 110 valence electrons. The molecule has 5 heteroatoms. The van der Waals surface area contributed by atoms with Crippen molar-refractivity contribution in [3.63, 3.8) is 0 Å². The van der Waals surface area contributed by atoms with Crippen molar-refractivity contribution in [2.24, 2.45) is 7.05 Å². The number of aryl methyl sites for hydroxylation is 2. The van der Waals surface area contributed by atoms with Gasteiger partial charge in [-0.15, -0.1) is 0 Å². The maximum Gasteiger partial charge on any atom is 0.270 e. The molecule has 0 spiro atoms. The first kappa shape index (κ1) is 13.7. The van der Waals surface area contributed by atoms with Crippen LogP contribution >= 0.6 is 0 Å². The van der Waals surface area contributed by atoms with E-state index in [1.807, 2.05) is 31.2 Å². The van der Waals surface area contributed by atoms with E-state index >= 15 is 0 Å². The molecular weight excluding hydrogens is 266 g/mol. The van der Waals surface area contributed by atoms with Crippen molar-refractivity contribution in [3.8, 4) is 5.75 Å². The predicted molar refractivity (Wildman–Crippen MR) is 79.3 cm³/mol. The number of fused-ring (bicyclic) bond motifs is 1. The van der Waals surface area contributed by atoms with E-state index in [-0.39, 0.29) is 11.9 Å². The van der Waals surface area contributed by atoms with Crippen molar-refractivity contribution in [3.05, 3.63) is 47.3 Å². The first-order valence-electron chi connectivity index (χ1n) is 7.18. The maximum absolute atomic E-state index is 12.5. The fourth-order valence-corrected chi connectivity index (χ4v) is 2.73. The minimum absolute atomic E-state index is 0.0218. The zero-order valence-corrected chi connectivity index (χ0v) is 12.3. The third-order valence-electron chi connectivity index (χ3n) is 3.73. The molecule has 0 saturated carbocycles. The number of amides is 1. The van der Waals surface area contributed by atoms with E-state index in [2.05, 4.69) is 10.4 Å². The Morgan fingerprint density at radius 3 is 3.00 bits per heavy atom. The molecule has 21 heavy (non-hydrogen) atoms. The lowest BCUT2D eigenvalue weighted by atomic mass is 10.0. The van der Waals surface area contributed by atoms with Gasteiger partial charge in [0.05, 0.1) is 18.3 Å². The number of nitrogens with zero attached hydrogens (tertiary/aromatic N) is 2. The lowest BCUT2D eigenvalue weighted by molar-refractivity contribution is 0.0925. The Labute approximate surface area is 123 Å². The van der Waals surface area contributed by atoms with E-state index in [1.54, 1.807) is 17.8 Å². The van der Waals surface area contributed by atoms with Crippen molar-refractivity contribution in [2.75, 3.05) is 6.61 Å². The standard InChI is InChI=1S/C16H19N3O2/c1-11-10-14(19(2)18-11)16(20)17-13-7-5-9-21-15-8-4-3-6-12(13)15/h3-4,6,8,10,13H,5,7,9H2,1-2H3,(H,17,20). The summed E-state index contributed by atoms with van der Waals surface area (Å²) in [7, 11) is 1.78. The Morgan fingerprint density at radius 2 is 2.24 bits per heavy atom. The molecule has 2 aromatic rings. The van der Waals surface area contributed by atoms with Crippen molar-refractivity contribution in [2.45, 2.75) is 25.8 Å². The van der Waals surface area contributed by atoms with E-state index in [1.165, 1.54) is 0 Å². The second kappa shape index (κ2) is 5.60. The summed E-state index contributed by atoms with van der Waals surface area (Å²) in [5.74, 6) is 0.765. The van der Waals surface area contributed by atoms with Crippen LogP contribution in [0, 0.1) is 6.92 Å². The minimum atomic E-state index is -0.0974. The fraction of sp³-hybridized carbons (Fsp3) is 0.375. The third-order valence-corrected chi connectivity index (χ3v) is 3.73. The van der Waals surface area contributed by atoms with Crippen LogP contribution in [-0.4, -0.2) is 22.3 Å². The highest BCUT2D eigenvalue weighted by molar-refractivity contribution is 5.93. The van der Waals surface area contributed by atoms with Gasteiger partial charge in [-0.05, 0) is 31.9 Å². The summed E-state index contributed by atoms with van der Waals surface area (Å²) < 4.78 is 7.34. The van der Waals surface area contributed by atoms with Crippen molar-refractivity contribution >= 4 is 5.91 Å². The van der Waals surface area contributed by atoms with E-state index in [4.69, 9.17) is 4.74 Å². The molecule has 2 heterocycles. The first-order valence-corrected chi connectivity index (χ1v) is 7.18. The monoisotopic (exact) mass is 285 g/mol. The van der Waals surface area contributed by atoms with Gasteiger partial charge in [-0.2, -0.15) is 5.10 Å². The van der Waals surface area contributed by atoms with Gasteiger partial charge in [0.1, 0.15) is 11.4 Å². The number of carbonyl (C=O) groups excluding carboxylic acids is 1. The highest BCUT2D eigenvalue weighted by atomic mass is 16.5. The second-order valence-electron chi connectivity index (χ2n) is 5.35. The van der Waals surface area contributed by atoms with Gasteiger partial charge in [0.2, 0.25) is 0 Å². The van der Waals surface area contributed by atoms with Crippen LogP contribution in [0.1, 0.15) is 40.6 Å². The van der Waals surface area contributed by atoms with Gasteiger partial charge in [-0.25, -0.2) is 0 Å². The predicted octanol–water partition coefficient (Wildman–Crippen LogP) is 2.37. The second-order valence-corrected chi connectivity index (χ2v) is 5.35. The summed E-state index contributed by atoms with van der Waals surface area (Å²) in [5, 5.41) is 7.32. The number of rotatable bonds is 2. The number of hydrogen-bond acceptors (Lipinski definition) is 3. The Balaban J connectivity index is 1.84. The quantitative estimate of drug-likeness (QED) is 0.921. The van der Waals surface area contributed by atoms with Gasteiger partial charge in [-0.3, -0.25) is 9.48 Å². The van der Waals surface area contributed by atoms with E-state index < -0.39 is 0 Å². The number of para-hydroxylation sites is 1. The fourth-order valence-electron chi connectivity index (χ4n) is 2.73. The summed E-state index contributed by atoms with van der Waals surface area (Å²) in [5.41, 5.74) is 2.46. The molecule has 1 aliphatic rings. The lowest BCUT2D eigenvalue weighted by Gasteiger charge is -2.18. The first-order chi connectivity index (χ1) is 10.1. The summed E-state index contributed by atoms with van der Waals surface area (Å²) in [6, 6.07) is 9.67. The Morgan fingerprint density at radius 1 is 1.43 bits per heavy atom. The zero-order chi connectivity index (χ0) is 14.8. The summed E-state index contributed by atoms with van der Waals surface area (Å²) in [6.45, 7) is 2.57. The number of carbonyl (C=O) groups is 1. The van der Waals surface area contributed by atoms with Gasteiger partial charge in [0.25, 0.3) is 5.91 Å². The van der Waals surface area contributed by atoms with Crippen LogP contribution in [0.5, 0.6) is 5.75 Å². The SMILES string of the molecule is Cc1cc(C(=O)NC2CCCOc3ccccc32)n(C)n1. The smallest absolute Gasteiger partial charge is 0.270 e. The van der Waals surface area contributed by atoms with Crippen LogP contribution in [0.25, 0.3) is 0 Å². The van der Waals surface area contributed by atoms with Gasteiger partial charge < -0.3 is 10.1 Å². The van der Waals surface area contributed by atoms with Crippen molar-refractivity contribution in [1.29, 1.82) is 0 Å². The highest BCUT2D eigenvalue weighted by Gasteiger charge is 2.22. The van der Waals surface area contributed by atoms with Crippen LogP contribution in [-0.2, 0) is 7.05 Å². The Bertz CT molecular complexity index is 663. The van der Waals surface area contributed by atoms with Crippen molar-refractivity contribution in [1.82, 2.24) is 15.1 Å². The van der Waals surface area contributed by atoms with Crippen molar-refractivity contribution < 1.29 is 9.53 Å². The maximum atomic E-state index is 12.5. The van der Waals surface area contributed by atoms with E-state index in [0.717, 1.165) is 29.8 Å². The summed E-state index contributed by atoms with van der Waals surface area (Å²) in [4.78, 5) is 12.5. The largest absolute Gasteiger partial charge is 0.493 e. The number of aromatic nitrogens is 2. The van der Waals surface area contributed by atoms with Crippen LogP contribution in [0.2, 0.25) is 0 Å². The van der Waals surface area contributed by atoms with E-state index in [9.17, 15) is 4.79 Å². The average Bonchev–Trinajstić information content (AvgIpc) is 2.69. The number of nitrogens with one attached hydrogen (secondary N) is 1. The van der Waals surface area contributed by atoms with Gasteiger partial charge in [0, 0.05) is 12.6 Å². The van der Waals surface area contributed by atoms with Gasteiger partial charge in [0.15, 0.2) is 0 Å². The van der Waals surface area contributed by atoms with Gasteiger partial charge in [-0.1, -0.05) is 18.2 Å². The molecule has 5 nitrogen and oxygen atoms in total. The Kier molecular flexibility index (Phi) is 3.64. The third kappa shape index (κ3) is 2.77. The normalized spacial score (nSPS) is 17.5. The van der Waals surface area contributed by atoms with Crippen LogP contribution < -0.4 is 10.1 Å². The molecule has 0 bridgehead atoms. The van der Waals surface area contributed by atoms with Crippen LogP contribution in [0.4, 0.5) is 0 Å².